The SMILES string of the molecule is c1nc(C2NCCc3sccc32)cs1. The Bertz CT molecular complexity index is 419. The van der Waals surface area contributed by atoms with E-state index in [0.29, 0.717) is 6.04 Å². The molecule has 1 aliphatic heterocycles. The van der Waals surface area contributed by atoms with Crippen molar-refractivity contribution in [3.05, 3.63) is 38.5 Å². The molecule has 0 aliphatic carbocycles. The van der Waals surface area contributed by atoms with E-state index in [0.717, 1.165) is 18.7 Å². The Labute approximate surface area is 90.6 Å². The lowest BCUT2D eigenvalue weighted by molar-refractivity contribution is 0.565. The lowest BCUT2D eigenvalue weighted by atomic mass is 10.0. The Morgan fingerprint density at radius 1 is 1.50 bits per heavy atom. The summed E-state index contributed by atoms with van der Waals surface area (Å²) in [7, 11) is 0. The van der Waals surface area contributed by atoms with Crippen molar-refractivity contribution >= 4 is 22.7 Å². The number of thiophene rings is 1. The van der Waals surface area contributed by atoms with Crippen LogP contribution in [0.5, 0.6) is 0 Å². The van der Waals surface area contributed by atoms with Gasteiger partial charge in [0.2, 0.25) is 0 Å². The smallest absolute Gasteiger partial charge is 0.0795 e. The average molecular weight is 222 g/mol. The highest BCUT2D eigenvalue weighted by Gasteiger charge is 2.23. The van der Waals surface area contributed by atoms with E-state index in [2.05, 4.69) is 27.1 Å². The van der Waals surface area contributed by atoms with Crippen molar-refractivity contribution < 1.29 is 0 Å². The Balaban J connectivity index is 2.04. The summed E-state index contributed by atoms with van der Waals surface area (Å²) in [6, 6.07) is 2.55. The van der Waals surface area contributed by atoms with Crippen LogP contribution >= 0.6 is 22.7 Å². The van der Waals surface area contributed by atoms with Gasteiger partial charge in [-0.1, -0.05) is 0 Å². The normalized spacial score (nSPS) is 20.7. The summed E-state index contributed by atoms with van der Waals surface area (Å²) < 4.78 is 0. The summed E-state index contributed by atoms with van der Waals surface area (Å²) in [6.07, 6.45) is 1.16. The molecule has 3 heterocycles. The van der Waals surface area contributed by atoms with Crippen LogP contribution in [-0.2, 0) is 6.42 Å². The Morgan fingerprint density at radius 2 is 2.50 bits per heavy atom. The zero-order chi connectivity index (χ0) is 9.38. The average Bonchev–Trinajstić information content (AvgIpc) is 2.88. The summed E-state index contributed by atoms with van der Waals surface area (Å²) in [4.78, 5) is 5.89. The predicted octanol–water partition coefficient (Wildman–Crippen LogP) is 2.44. The first-order valence-corrected chi connectivity index (χ1v) is 6.45. The maximum Gasteiger partial charge on any atom is 0.0795 e. The van der Waals surface area contributed by atoms with E-state index in [1.54, 1.807) is 11.3 Å². The van der Waals surface area contributed by atoms with Gasteiger partial charge in [-0.25, -0.2) is 4.98 Å². The topological polar surface area (TPSA) is 24.9 Å². The summed E-state index contributed by atoms with van der Waals surface area (Å²) >= 11 is 3.52. The fourth-order valence-electron chi connectivity index (χ4n) is 1.88. The molecule has 2 aromatic rings. The molecule has 0 saturated carbocycles. The highest BCUT2D eigenvalue weighted by atomic mass is 32.1. The van der Waals surface area contributed by atoms with Gasteiger partial charge in [-0.05, 0) is 23.4 Å². The molecule has 1 N–H and O–H groups in total. The van der Waals surface area contributed by atoms with Crippen LogP contribution in [0.3, 0.4) is 0 Å². The van der Waals surface area contributed by atoms with Crippen molar-refractivity contribution in [1.82, 2.24) is 10.3 Å². The van der Waals surface area contributed by atoms with Crippen molar-refractivity contribution in [3.8, 4) is 0 Å². The number of rotatable bonds is 1. The molecule has 2 aromatic heterocycles. The van der Waals surface area contributed by atoms with E-state index in [9.17, 15) is 0 Å². The third-order valence-corrected chi connectivity index (χ3v) is 4.14. The number of nitrogens with zero attached hydrogens (tertiary/aromatic N) is 1. The summed E-state index contributed by atoms with van der Waals surface area (Å²) in [5, 5.41) is 7.82. The molecule has 0 saturated heterocycles. The number of aromatic nitrogens is 1. The molecule has 0 bridgehead atoms. The van der Waals surface area contributed by atoms with Gasteiger partial charge in [0, 0.05) is 16.8 Å². The molecule has 0 fully saturated rings. The van der Waals surface area contributed by atoms with Gasteiger partial charge in [-0.2, -0.15) is 0 Å². The second kappa shape index (κ2) is 3.46. The fraction of sp³-hybridized carbons (Fsp3) is 0.300. The van der Waals surface area contributed by atoms with E-state index in [4.69, 9.17) is 0 Å². The van der Waals surface area contributed by atoms with Gasteiger partial charge >= 0.3 is 0 Å². The summed E-state index contributed by atoms with van der Waals surface area (Å²) in [5.74, 6) is 0. The predicted molar refractivity (Wildman–Crippen MR) is 60.0 cm³/mol. The van der Waals surface area contributed by atoms with Crippen LogP contribution < -0.4 is 5.32 Å². The second-order valence-electron chi connectivity index (χ2n) is 3.35. The van der Waals surface area contributed by atoms with Crippen LogP contribution in [-0.4, -0.2) is 11.5 Å². The summed E-state index contributed by atoms with van der Waals surface area (Å²) in [6.45, 7) is 1.07. The van der Waals surface area contributed by atoms with Crippen LogP contribution in [0.4, 0.5) is 0 Å². The monoisotopic (exact) mass is 222 g/mol. The molecule has 1 atom stereocenters. The van der Waals surface area contributed by atoms with Crippen LogP contribution in [0.1, 0.15) is 22.2 Å². The lowest BCUT2D eigenvalue weighted by Gasteiger charge is -2.22. The largest absolute Gasteiger partial charge is 0.305 e. The molecule has 14 heavy (non-hydrogen) atoms. The van der Waals surface area contributed by atoms with E-state index < -0.39 is 0 Å². The van der Waals surface area contributed by atoms with Gasteiger partial charge in [-0.15, -0.1) is 22.7 Å². The maximum absolute atomic E-state index is 4.38. The highest BCUT2D eigenvalue weighted by molar-refractivity contribution is 7.10. The van der Waals surface area contributed by atoms with E-state index in [1.165, 1.54) is 10.4 Å². The molecule has 3 rings (SSSR count). The molecule has 0 amide bonds. The van der Waals surface area contributed by atoms with E-state index >= 15 is 0 Å². The van der Waals surface area contributed by atoms with Crippen molar-refractivity contribution in [2.45, 2.75) is 12.5 Å². The molecule has 2 nitrogen and oxygen atoms in total. The number of hydrogen-bond acceptors (Lipinski definition) is 4. The first-order chi connectivity index (χ1) is 6.95. The molecule has 1 unspecified atom stereocenters. The maximum atomic E-state index is 4.38. The molecule has 0 radical (unpaired) electrons. The van der Waals surface area contributed by atoms with Crippen LogP contribution in [0.2, 0.25) is 0 Å². The van der Waals surface area contributed by atoms with Gasteiger partial charge in [-0.3, -0.25) is 0 Å². The van der Waals surface area contributed by atoms with Crippen LogP contribution in [0, 0.1) is 0 Å². The Hall–Kier alpha value is -0.710. The Kier molecular flexibility index (Phi) is 2.12. The minimum absolute atomic E-state index is 0.330. The van der Waals surface area contributed by atoms with Gasteiger partial charge in [0.1, 0.15) is 0 Å². The van der Waals surface area contributed by atoms with Gasteiger partial charge < -0.3 is 5.32 Å². The zero-order valence-electron chi connectivity index (χ0n) is 7.56. The molecular weight excluding hydrogens is 212 g/mol. The first kappa shape index (κ1) is 8.59. The fourth-order valence-corrected chi connectivity index (χ4v) is 3.38. The van der Waals surface area contributed by atoms with E-state index in [1.807, 2.05) is 16.8 Å². The van der Waals surface area contributed by atoms with Crippen molar-refractivity contribution in [1.29, 1.82) is 0 Å². The van der Waals surface area contributed by atoms with Crippen LogP contribution in [0.25, 0.3) is 0 Å². The molecule has 1 aliphatic rings. The Morgan fingerprint density at radius 3 is 3.36 bits per heavy atom. The third kappa shape index (κ3) is 1.30. The van der Waals surface area contributed by atoms with Crippen molar-refractivity contribution in [3.63, 3.8) is 0 Å². The number of thiazole rings is 1. The number of nitrogens with one attached hydrogen (secondary N) is 1. The quantitative estimate of drug-likeness (QED) is 0.801. The third-order valence-electron chi connectivity index (χ3n) is 2.54. The van der Waals surface area contributed by atoms with Gasteiger partial charge in [0.05, 0.1) is 17.2 Å². The van der Waals surface area contributed by atoms with Crippen molar-refractivity contribution in [2.75, 3.05) is 6.54 Å². The number of fused-ring (bicyclic) bond motifs is 1. The second-order valence-corrected chi connectivity index (χ2v) is 5.07. The van der Waals surface area contributed by atoms with Gasteiger partial charge in [0.25, 0.3) is 0 Å². The zero-order valence-corrected chi connectivity index (χ0v) is 9.20. The highest BCUT2D eigenvalue weighted by Crippen LogP contribution is 2.31. The van der Waals surface area contributed by atoms with Crippen LogP contribution in [0.15, 0.2) is 22.3 Å². The lowest BCUT2D eigenvalue weighted by Crippen LogP contribution is -2.29. The molecular formula is C10H10N2S2. The molecule has 0 spiro atoms. The summed E-state index contributed by atoms with van der Waals surface area (Å²) in [5.41, 5.74) is 4.49. The van der Waals surface area contributed by atoms with E-state index in [-0.39, 0.29) is 0 Å². The molecule has 72 valence electrons. The first-order valence-electron chi connectivity index (χ1n) is 4.63. The standard InChI is InChI=1S/C10H10N2S2/c1-3-11-10(8-5-13-6-12-8)7-2-4-14-9(1)7/h2,4-6,10-11H,1,3H2. The number of hydrogen-bond donors (Lipinski definition) is 1. The van der Waals surface area contributed by atoms with Gasteiger partial charge in [0.15, 0.2) is 0 Å². The minimum Gasteiger partial charge on any atom is -0.305 e. The molecule has 0 aromatic carbocycles. The van der Waals surface area contributed by atoms with Crippen molar-refractivity contribution in [2.24, 2.45) is 0 Å². The minimum atomic E-state index is 0.330. The molecule has 4 heteroatoms.